The fraction of sp³-hybridized carbons (Fsp3) is 0.286. The number of ether oxygens (including phenoxy) is 2. The molecule has 4 aromatic rings. The maximum absolute atomic E-state index is 13.0. The van der Waals surface area contributed by atoms with Gasteiger partial charge in [-0.05, 0) is 60.9 Å². The van der Waals surface area contributed by atoms with Crippen molar-refractivity contribution in [2.24, 2.45) is 0 Å². The van der Waals surface area contributed by atoms with Gasteiger partial charge in [0.1, 0.15) is 5.75 Å². The van der Waals surface area contributed by atoms with Crippen LogP contribution in [0.5, 0.6) is 11.5 Å². The van der Waals surface area contributed by atoms with Gasteiger partial charge in [0.25, 0.3) is 5.91 Å². The van der Waals surface area contributed by atoms with Gasteiger partial charge in [-0.1, -0.05) is 6.07 Å². The van der Waals surface area contributed by atoms with E-state index in [2.05, 4.69) is 25.8 Å². The summed E-state index contributed by atoms with van der Waals surface area (Å²) in [5.74, 6) is 2.20. The summed E-state index contributed by atoms with van der Waals surface area (Å²) in [6, 6.07) is 13.5. The van der Waals surface area contributed by atoms with Gasteiger partial charge in [-0.15, -0.1) is 0 Å². The highest BCUT2D eigenvalue weighted by Crippen LogP contribution is 2.65. The number of carbonyl (C=O) groups is 2. The molecule has 2 aromatic heterocycles. The molecule has 10 nitrogen and oxygen atoms in total. The minimum atomic E-state index is -0.569. The van der Waals surface area contributed by atoms with Gasteiger partial charge in [0.2, 0.25) is 5.91 Å². The summed E-state index contributed by atoms with van der Waals surface area (Å²) in [6.45, 7) is 2.30. The van der Waals surface area contributed by atoms with Gasteiger partial charge in [0, 0.05) is 37.3 Å². The molecule has 3 N–H and O–H groups in total. The number of rotatable bonds is 7. The lowest BCUT2D eigenvalue weighted by atomic mass is 9.91. The highest BCUT2D eigenvalue weighted by atomic mass is 16.5. The van der Waals surface area contributed by atoms with Crippen molar-refractivity contribution in [3.63, 3.8) is 0 Å². The molecule has 0 bridgehead atoms. The summed E-state index contributed by atoms with van der Waals surface area (Å²) in [5.41, 5.74) is 3.62. The summed E-state index contributed by atoms with van der Waals surface area (Å²) in [5, 5.41) is 14.7. The SMILES string of the molecule is CCOc1cc(C(=O)N(C)C)cnc1Nc1n[nH]c2cc([C@@H]3C[C@@]34C(=O)Nc3ccc(OC)cc34)ccc12. The van der Waals surface area contributed by atoms with E-state index in [1.165, 1.54) is 11.1 Å². The van der Waals surface area contributed by atoms with Crippen LogP contribution in [0.4, 0.5) is 17.3 Å². The molecule has 6 rings (SSSR count). The van der Waals surface area contributed by atoms with Crippen LogP contribution in [0.3, 0.4) is 0 Å². The van der Waals surface area contributed by atoms with E-state index in [1.807, 2.05) is 43.3 Å². The number of methoxy groups -OCH3 is 1. The van der Waals surface area contributed by atoms with Gasteiger partial charge in [0.05, 0.1) is 30.2 Å². The van der Waals surface area contributed by atoms with Gasteiger partial charge in [-0.25, -0.2) is 4.98 Å². The lowest BCUT2D eigenvalue weighted by Gasteiger charge is -2.14. The van der Waals surface area contributed by atoms with Gasteiger partial charge < -0.3 is 25.0 Å². The van der Waals surface area contributed by atoms with Gasteiger partial charge in [0.15, 0.2) is 17.4 Å². The minimum absolute atomic E-state index is 0.0311. The molecule has 10 heteroatoms. The topological polar surface area (TPSA) is 121 Å². The van der Waals surface area contributed by atoms with Gasteiger partial charge >= 0.3 is 0 Å². The average molecular weight is 513 g/mol. The zero-order chi connectivity index (χ0) is 26.6. The molecule has 194 valence electrons. The van der Waals surface area contributed by atoms with Crippen molar-refractivity contribution in [2.75, 3.05) is 38.4 Å². The first-order chi connectivity index (χ1) is 18.3. The minimum Gasteiger partial charge on any atom is -0.497 e. The van der Waals surface area contributed by atoms with Gasteiger partial charge in [-0.2, -0.15) is 5.10 Å². The van der Waals surface area contributed by atoms with E-state index in [1.54, 1.807) is 27.3 Å². The van der Waals surface area contributed by atoms with Crippen LogP contribution in [-0.2, 0) is 10.2 Å². The van der Waals surface area contributed by atoms with E-state index in [0.29, 0.717) is 29.6 Å². The molecule has 0 saturated heterocycles. The zero-order valence-corrected chi connectivity index (χ0v) is 21.6. The van der Waals surface area contributed by atoms with Crippen molar-refractivity contribution in [1.29, 1.82) is 0 Å². The van der Waals surface area contributed by atoms with E-state index in [-0.39, 0.29) is 17.7 Å². The predicted octanol–water partition coefficient (Wildman–Crippen LogP) is 4.19. The van der Waals surface area contributed by atoms with E-state index in [9.17, 15) is 9.59 Å². The number of anilines is 3. The van der Waals surface area contributed by atoms with Crippen LogP contribution in [-0.4, -0.2) is 59.7 Å². The highest BCUT2D eigenvalue weighted by Gasteiger charge is 2.65. The third-order valence-corrected chi connectivity index (χ3v) is 7.35. The summed E-state index contributed by atoms with van der Waals surface area (Å²) in [7, 11) is 5.01. The van der Waals surface area contributed by atoms with E-state index >= 15 is 0 Å². The largest absolute Gasteiger partial charge is 0.497 e. The fourth-order valence-electron chi connectivity index (χ4n) is 5.34. The van der Waals surface area contributed by atoms with Crippen molar-refractivity contribution in [3.05, 3.63) is 65.4 Å². The molecule has 2 aliphatic rings. The first-order valence-electron chi connectivity index (χ1n) is 12.4. The second-order valence-corrected chi connectivity index (χ2v) is 9.80. The van der Waals surface area contributed by atoms with Crippen LogP contribution in [0.2, 0.25) is 0 Å². The third kappa shape index (κ3) is 3.63. The fourth-order valence-corrected chi connectivity index (χ4v) is 5.34. The molecule has 0 unspecified atom stereocenters. The maximum Gasteiger partial charge on any atom is 0.255 e. The van der Waals surface area contributed by atoms with Crippen molar-refractivity contribution in [2.45, 2.75) is 24.7 Å². The summed E-state index contributed by atoms with van der Waals surface area (Å²) < 4.78 is 11.2. The zero-order valence-electron chi connectivity index (χ0n) is 21.6. The number of aromatic amines is 1. The van der Waals surface area contributed by atoms with Crippen molar-refractivity contribution in [1.82, 2.24) is 20.1 Å². The van der Waals surface area contributed by atoms with Crippen LogP contribution in [0.15, 0.2) is 48.7 Å². The monoisotopic (exact) mass is 512 g/mol. The number of benzene rings is 2. The van der Waals surface area contributed by atoms with E-state index in [0.717, 1.165) is 39.9 Å². The highest BCUT2D eigenvalue weighted by molar-refractivity contribution is 6.10. The third-order valence-electron chi connectivity index (χ3n) is 7.35. The average Bonchev–Trinajstić information content (AvgIpc) is 3.47. The predicted molar refractivity (Wildman–Crippen MR) is 143 cm³/mol. The number of nitrogens with one attached hydrogen (secondary N) is 3. The lowest BCUT2D eigenvalue weighted by Crippen LogP contribution is -2.22. The Morgan fingerprint density at radius 2 is 2.03 bits per heavy atom. The number of hydrogen-bond acceptors (Lipinski definition) is 7. The van der Waals surface area contributed by atoms with Crippen molar-refractivity contribution >= 4 is 40.0 Å². The Bertz CT molecular complexity index is 1600. The van der Waals surface area contributed by atoms with Crippen molar-refractivity contribution in [3.8, 4) is 11.5 Å². The molecule has 2 aromatic carbocycles. The second kappa shape index (κ2) is 8.76. The Balaban J connectivity index is 1.28. The molecule has 2 atom stereocenters. The number of nitrogens with zero attached hydrogens (tertiary/aromatic N) is 3. The summed E-state index contributed by atoms with van der Waals surface area (Å²) >= 11 is 0. The molecule has 1 fully saturated rings. The molecule has 2 amide bonds. The molecule has 1 aliphatic heterocycles. The van der Waals surface area contributed by atoms with Crippen LogP contribution < -0.4 is 20.1 Å². The van der Waals surface area contributed by atoms with Crippen LogP contribution >= 0.6 is 0 Å². The Morgan fingerprint density at radius 1 is 1.18 bits per heavy atom. The molecule has 1 aliphatic carbocycles. The first kappa shape index (κ1) is 23.8. The Hall–Kier alpha value is -4.60. The van der Waals surface area contributed by atoms with E-state index < -0.39 is 5.41 Å². The second-order valence-electron chi connectivity index (χ2n) is 9.80. The molecule has 0 radical (unpaired) electrons. The number of hydrogen-bond donors (Lipinski definition) is 3. The molecule has 1 spiro atoms. The Labute approximate surface area is 219 Å². The number of pyridine rings is 1. The first-order valence-corrected chi connectivity index (χ1v) is 12.4. The number of fused-ring (bicyclic) bond motifs is 3. The standard InChI is InChI=1S/C28H28N6O4/c1-5-38-23-11-16(26(35)34(2)3)14-29-25(23)31-24-18-8-6-15(10-22(18)32-33-24)20-13-28(20)19-12-17(37-4)7-9-21(19)30-27(28)36/h6-12,14,20H,5,13H2,1-4H3,(H,30,36)(H2,29,31,32,33)/t20-,28-/m0/s1. The van der Waals surface area contributed by atoms with Gasteiger partial charge in [-0.3, -0.25) is 14.7 Å². The molecule has 38 heavy (non-hydrogen) atoms. The molecule has 1 saturated carbocycles. The Kier molecular flexibility index (Phi) is 5.48. The quantitative estimate of drug-likeness (QED) is 0.339. The molecular formula is C28H28N6O4. The maximum atomic E-state index is 13.0. The summed E-state index contributed by atoms with van der Waals surface area (Å²) in [6.07, 6.45) is 2.26. The lowest BCUT2D eigenvalue weighted by molar-refractivity contribution is -0.118. The molecular weight excluding hydrogens is 484 g/mol. The number of carbonyl (C=O) groups excluding carboxylic acids is 2. The number of aromatic nitrogens is 3. The van der Waals surface area contributed by atoms with E-state index in [4.69, 9.17) is 9.47 Å². The van der Waals surface area contributed by atoms with Crippen molar-refractivity contribution < 1.29 is 19.1 Å². The summed E-state index contributed by atoms with van der Waals surface area (Å²) in [4.78, 5) is 31.3. The Morgan fingerprint density at radius 3 is 2.79 bits per heavy atom. The smallest absolute Gasteiger partial charge is 0.255 e. The molecule has 3 heterocycles. The number of H-pyrrole nitrogens is 1. The number of amides is 2. The van der Waals surface area contributed by atoms with Crippen LogP contribution in [0, 0.1) is 0 Å². The van der Waals surface area contributed by atoms with Crippen LogP contribution in [0.25, 0.3) is 10.9 Å². The normalized spacial score (nSPS) is 19.3. The van der Waals surface area contributed by atoms with Crippen LogP contribution in [0.1, 0.15) is 40.7 Å².